The molecule has 0 nitrogen and oxygen atoms in total. The molecule has 1 unspecified atom stereocenters. The summed E-state index contributed by atoms with van der Waals surface area (Å²) in [5, 5.41) is 0. The van der Waals surface area contributed by atoms with Gasteiger partial charge in [0.1, 0.15) is 0 Å². The van der Waals surface area contributed by atoms with Gasteiger partial charge >= 0.3 is 0 Å². The maximum Gasteiger partial charge on any atom is 0.00583 e. The highest BCUT2D eigenvalue weighted by Gasteiger charge is 2.18. The van der Waals surface area contributed by atoms with Crippen LogP contribution in [-0.2, 0) is 0 Å². The van der Waals surface area contributed by atoms with Crippen molar-refractivity contribution in [3.8, 4) is 0 Å². The SMILES string of the molecule is C=C1CCC/C=C\C[C@H]2C=CC(=C)/C2=C/CC(C/C=C\C)C1. The van der Waals surface area contributed by atoms with Gasteiger partial charge in [0, 0.05) is 5.92 Å². The van der Waals surface area contributed by atoms with E-state index in [0.717, 1.165) is 25.7 Å². The molecular formula is C22H30. The molecule has 22 heavy (non-hydrogen) atoms. The van der Waals surface area contributed by atoms with Crippen molar-refractivity contribution in [2.24, 2.45) is 11.8 Å². The first-order valence-corrected chi connectivity index (χ1v) is 8.71. The molecule has 2 aliphatic carbocycles. The topological polar surface area (TPSA) is 0 Å². The Kier molecular flexibility index (Phi) is 6.71. The summed E-state index contributed by atoms with van der Waals surface area (Å²) in [6.45, 7) is 10.6. The molecule has 0 heteroatoms. The zero-order valence-corrected chi connectivity index (χ0v) is 14.1. The first kappa shape index (κ1) is 16.8. The van der Waals surface area contributed by atoms with Crippen molar-refractivity contribution in [2.75, 3.05) is 0 Å². The molecule has 0 amide bonds. The minimum absolute atomic E-state index is 0.537. The van der Waals surface area contributed by atoms with E-state index in [1.54, 1.807) is 0 Å². The molecule has 0 aliphatic heterocycles. The van der Waals surface area contributed by atoms with E-state index in [2.05, 4.69) is 62.6 Å². The van der Waals surface area contributed by atoms with Crippen molar-refractivity contribution in [1.82, 2.24) is 0 Å². The Morgan fingerprint density at radius 2 is 2.09 bits per heavy atom. The third-order valence-corrected chi connectivity index (χ3v) is 4.71. The molecule has 0 saturated heterocycles. The van der Waals surface area contributed by atoms with Gasteiger partial charge in [-0.25, -0.2) is 0 Å². The van der Waals surface area contributed by atoms with Crippen LogP contribution in [0.15, 0.2) is 72.4 Å². The average molecular weight is 294 g/mol. The highest BCUT2D eigenvalue weighted by atomic mass is 14.2. The summed E-state index contributed by atoms with van der Waals surface area (Å²) in [5.41, 5.74) is 4.07. The Balaban J connectivity index is 2.14. The largest absolute Gasteiger partial charge is 0.0999 e. The van der Waals surface area contributed by atoms with E-state index in [4.69, 9.17) is 0 Å². The number of fused-ring (bicyclic) bond motifs is 1. The maximum absolute atomic E-state index is 4.31. The fourth-order valence-corrected chi connectivity index (χ4v) is 3.38. The Hall–Kier alpha value is -1.56. The monoisotopic (exact) mass is 294 g/mol. The summed E-state index contributed by atoms with van der Waals surface area (Å²) in [6.07, 6.45) is 24.3. The van der Waals surface area contributed by atoms with E-state index in [9.17, 15) is 0 Å². The lowest BCUT2D eigenvalue weighted by molar-refractivity contribution is 0.524. The van der Waals surface area contributed by atoms with Crippen molar-refractivity contribution >= 4 is 0 Å². The summed E-state index contributed by atoms with van der Waals surface area (Å²) < 4.78 is 0. The van der Waals surface area contributed by atoms with Crippen molar-refractivity contribution in [1.29, 1.82) is 0 Å². The molecule has 0 aromatic carbocycles. The van der Waals surface area contributed by atoms with E-state index < -0.39 is 0 Å². The van der Waals surface area contributed by atoms with E-state index in [1.807, 2.05) is 0 Å². The predicted molar refractivity (Wildman–Crippen MR) is 98.8 cm³/mol. The summed E-state index contributed by atoms with van der Waals surface area (Å²) in [4.78, 5) is 0. The molecule has 118 valence electrons. The standard InChI is InChI=1S/C22H30/c1-4-5-11-20-14-16-22-19(3)13-15-21(22)12-9-7-6-8-10-18(2)17-20/h4-5,7,9,13,15-16,20-21H,2-3,6,8,10-12,14,17H2,1H3/b5-4-,9-7-,22-16-/t20?,21-/m0/s1. The quantitative estimate of drug-likeness (QED) is 0.497. The molecule has 0 aromatic heterocycles. The van der Waals surface area contributed by atoms with Crippen LogP contribution in [0.4, 0.5) is 0 Å². The molecule has 0 heterocycles. The molecule has 0 N–H and O–H groups in total. The molecule has 0 bridgehead atoms. The maximum atomic E-state index is 4.31. The van der Waals surface area contributed by atoms with Gasteiger partial charge in [0.2, 0.25) is 0 Å². The summed E-state index contributed by atoms with van der Waals surface area (Å²) >= 11 is 0. The van der Waals surface area contributed by atoms with E-state index in [1.165, 1.54) is 36.0 Å². The van der Waals surface area contributed by atoms with Crippen LogP contribution in [0.1, 0.15) is 51.9 Å². The lowest BCUT2D eigenvalue weighted by Crippen LogP contribution is -2.02. The summed E-state index contributed by atoms with van der Waals surface area (Å²) in [5.74, 6) is 1.22. The van der Waals surface area contributed by atoms with Gasteiger partial charge in [-0.05, 0) is 68.9 Å². The van der Waals surface area contributed by atoms with Crippen LogP contribution in [0.5, 0.6) is 0 Å². The molecule has 0 fully saturated rings. The van der Waals surface area contributed by atoms with E-state index in [0.29, 0.717) is 11.8 Å². The summed E-state index contributed by atoms with van der Waals surface area (Å²) in [6, 6.07) is 0. The van der Waals surface area contributed by atoms with Crippen LogP contribution in [0.2, 0.25) is 0 Å². The van der Waals surface area contributed by atoms with Crippen LogP contribution in [-0.4, -0.2) is 0 Å². The fraction of sp³-hybridized carbons (Fsp3) is 0.455. The van der Waals surface area contributed by atoms with Gasteiger partial charge in [0.05, 0.1) is 0 Å². The zero-order chi connectivity index (χ0) is 15.8. The minimum Gasteiger partial charge on any atom is -0.0999 e. The van der Waals surface area contributed by atoms with Crippen LogP contribution in [0.3, 0.4) is 0 Å². The minimum atomic E-state index is 0.537. The molecule has 2 rings (SSSR count). The lowest BCUT2D eigenvalue weighted by atomic mass is 9.89. The third kappa shape index (κ3) is 5.02. The highest BCUT2D eigenvalue weighted by Crippen LogP contribution is 2.33. The Morgan fingerprint density at radius 1 is 1.23 bits per heavy atom. The van der Waals surface area contributed by atoms with Gasteiger partial charge in [-0.1, -0.05) is 61.3 Å². The Morgan fingerprint density at radius 3 is 2.91 bits per heavy atom. The van der Waals surface area contributed by atoms with Crippen LogP contribution < -0.4 is 0 Å². The number of hydrogen-bond donors (Lipinski definition) is 0. The lowest BCUT2D eigenvalue weighted by Gasteiger charge is -2.17. The van der Waals surface area contributed by atoms with Crippen molar-refractivity contribution in [2.45, 2.75) is 51.9 Å². The number of rotatable bonds is 2. The van der Waals surface area contributed by atoms with Crippen molar-refractivity contribution in [3.63, 3.8) is 0 Å². The molecule has 2 atom stereocenters. The smallest absolute Gasteiger partial charge is 0.00583 e. The second-order valence-electron chi connectivity index (χ2n) is 6.61. The predicted octanol–water partition coefficient (Wildman–Crippen LogP) is 6.70. The van der Waals surface area contributed by atoms with E-state index in [-0.39, 0.29) is 0 Å². The molecular weight excluding hydrogens is 264 g/mol. The van der Waals surface area contributed by atoms with Gasteiger partial charge in [-0.2, -0.15) is 0 Å². The Labute approximate surface area is 136 Å². The van der Waals surface area contributed by atoms with E-state index >= 15 is 0 Å². The molecule has 0 aromatic rings. The second-order valence-corrected chi connectivity index (χ2v) is 6.61. The molecule has 0 saturated carbocycles. The average Bonchev–Trinajstić information content (AvgIpc) is 2.85. The van der Waals surface area contributed by atoms with Crippen LogP contribution >= 0.6 is 0 Å². The van der Waals surface area contributed by atoms with Gasteiger partial charge in [0.25, 0.3) is 0 Å². The van der Waals surface area contributed by atoms with Gasteiger partial charge in [0.15, 0.2) is 0 Å². The fourth-order valence-electron chi connectivity index (χ4n) is 3.38. The van der Waals surface area contributed by atoms with Crippen LogP contribution in [0.25, 0.3) is 0 Å². The molecule has 0 radical (unpaired) electrons. The summed E-state index contributed by atoms with van der Waals surface area (Å²) in [7, 11) is 0. The highest BCUT2D eigenvalue weighted by molar-refractivity contribution is 5.47. The third-order valence-electron chi connectivity index (χ3n) is 4.71. The molecule has 0 spiro atoms. The van der Waals surface area contributed by atoms with Gasteiger partial charge < -0.3 is 0 Å². The van der Waals surface area contributed by atoms with Crippen LogP contribution in [0, 0.1) is 11.8 Å². The normalized spacial score (nSPS) is 31.0. The Bertz CT molecular complexity index is 510. The number of hydrogen-bond acceptors (Lipinski definition) is 0. The van der Waals surface area contributed by atoms with Crippen molar-refractivity contribution < 1.29 is 0 Å². The first-order chi connectivity index (χ1) is 10.7. The van der Waals surface area contributed by atoms with Gasteiger partial charge in [-0.3, -0.25) is 0 Å². The van der Waals surface area contributed by atoms with Gasteiger partial charge in [-0.15, -0.1) is 0 Å². The zero-order valence-electron chi connectivity index (χ0n) is 14.1. The number of allylic oxidation sites excluding steroid dienone is 10. The van der Waals surface area contributed by atoms with Crippen molar-refractivity contribution in [3.05, 3.63) is 72.4 Å². The second kappa shape index (κ2) is 8.78. The molecule has 2 aliphatic rings. The first-order valence-electron chi connectivity index (χ1n) is 8.71.